The van der Waals surface area contributed by atoms with E-state index >= 15 is 0 Å². The Hall–Kier alpha value is -2.01. The molecular formula is C24H27ClO4. The van der Waals surface area contributed by atoms with Gasteiger partial charge in [0.1, 0.15) is 17.1 Å². The van der Waals surface area contributed by atoms with Crippen LogP contribution in [0.3, 0.4) is 0 Å². The minimum Gasteiger partial charge on any atom is -0.381 e. The number of hydrogen-bond donors (Lipinski definition) is 0. The molecule has 29 heavy (non-hydrogen) atoms. The van der Waals surface area contributed by atoms with Gasteiger partial charge in [0.05, 0.1) is 6.61 Å². The van der Waals surface area contributed by atoms with Gasteiger partial charge in [-0.2, -0.15) is 0 Å². The minimum atomic E-state index is -1.18. The first-order valence-electron chi connectivity index (χ1n) is 9.79. The topological polar surface area (TPSA) is 52.6 Å². The van der Waals surface area contributed by atoms with E-state index in [4.69, 9.17) is 21.1 Å². The molecule has 0 aliphatic carbocycles. The summed E-state index contributed by atoms with van der Waals surface area (Å²) in [6.45, 7) is 7.26. The summed E-state index contributed by atoms with van der Waals surface area (Å²) >= 11 is 6.02. The largest absolute Gasteiger partial charge is 0.381 e. The number of ether oxygens (including phenoxy) is 2. The van der Waals surface area contributed by atoms with Crippen LogP contribution in [-0.4, -0.2) is 36.5 Å². The lowest BCUT2D eigenvalue weighted by Gasteiger charge is -2.44. The van der Waals surface area contributed by atoms with Gasteiger partial charge in [-0.05, 0) is 67.6 Å². The Labute approximate surface area is 177 Å². The van der Waals surface area contributed by atoms with Gasteiger partial charge < -0.3 is 9.47 Å². The van der Waals surface area contributed by atoms with Crippen molar-refractivity contribution in [3.63, 3.8) is 0 Å². The first kappa shape index (κ1) is 21.7. The third-order valence-electron chi connectivity index (χ3n) is 5.55. The van der Waals surface area contributed by atoms with Gasteiger partial charge in [0, 0.05) is 12.1 Å². The Morgan fingerprint density at radius 1 is 1.00 bits per heavy atom. The van der Waals surface area contributed by atoms with Crippen LogP contribution >= 0.6 is 11.6 Å². The van der Waals surface area contributed by atoms with E-state index in [0.29, 0.717) is 5.02 Å². The molecule has 154 valence electrons. The number of rotatable bonds is 5. The van der Waals surface area contributed by atoms with Crippen LogP contribution in [0.15, 0.2) is 42.5 Å². The summed E-state index contributed by atoms with van der Waals surface area (Å²) in [6, 6.07) is 13.5. The maximum absolute atomic E-state index is 13.5. The number of aryl methyl sites for hydroxylation is 1. The van der Waals surface area contributed by atoms with Crippen LogP contribution in [0, 0.1) is 0 Å². The number of benzene rings is 2. The smallest absolute Gasteiger partial charge is 0.181 e. The van der Waals surface area contributed by atoms with Gasteiger partial charge in [-0.15, -0.1) is 0 Å². The second-order valence-electron chi connectivity index (χ2n) is 8.21. The number of carbonyl (C=O) groups is 2. The van der Waals surface area contributed by atoms with Crippen molar-refractivity contribution in [2.75, 3.05) is 13.7 Å². The molecular weight excluding hydrogens is 388 g/mol. The molecule has 0 bridgehead atoms. The van der Waals surface area contributed by atoms with Crippen LogP contribution in [0.4, 0.5) is 0 Å². The zero-order chi connectivity index (χ0) is 21.4. The zero-order valence-corrected chi connectivity index (χ0v) is 18.3. The molecule has 0 amide bonds. The summed E-state index contributed by atoms with van der Waals surface area (Å²) in [5.74, 6) is -1.37. The van der Waals surface area contributed by atoms with Gasteiger partial charge >= 0.3 is 0 Å². The van der Waals surface area contributed by atoms with Gasteiger partial charge in [0.15, 0.2) is 11.6 Å². The van der Waals surface area contributed by atoms with Gasteiger partial charge in [0.2, 0.25) is 0 Å². The second kappa shape index (κ2) is 8.02. The van der Waals surface area contributed by atoms with Crippen molar-refractivity contribution in [3.8, 4) is 11.1 Å². The summed E-state index contributed by atoms with van der Waals surface area (Å²) in [4.78, 5) is 26.8. The van der Waals surface area contributed by atoms with Crippen molar-refractivity contribution in [1.29, 1.82) is 0 Å². The van der Waals surface area contributed by atoms with Gasteiger partial charge in [-0.3, -0.25) is 9.59 Å². The second-order valence-corrected chi connectivity index (χ2v) is 8.65. The van der Waals surface area contributed by atoms with E-state index in [1.807, 2.05) is 49.4 Å². The molecule has 2 unspecified atom stereocenters. The highest BCUT2D eigenvalue weighted by Gasteiger charge is 2.55. The fraction of sp³-hybridized carbons (Fsp3) is 0.417. The lowest BCUT2D eigenvalue weighted by molar-refractivity contribution is -0.195. The predicted molar refractivity (Wildman–Crippen MR) is 114 cm³/mol. The predicted octanol–water partition coefficient (Wildman–Crippen LogP) is 5.01. The van der Waals surface area contributed by atoms with Crippen LogP contribution in [0.1, 0.15) is 44.7 Å². The van der Waals surface area contributed by atoms with E-state index in [1.54, 1.807) is 20.8 Å². The lowest BCUT2D eigenvalue weighted by atomic mass is 9.73. The number of carbonyl (C=O) groups excluding carboxylic acids is 2. The molecule has 2 aromatic rings. The standard InChI is InChI=1S/C24H27ClO4/c1-6-15-7-8-17(16-9-11-18(25)12-10-16)13-19(15)20-21(26)23(2,3)29-24(4,14-28-5)22(20)27/h7-13,20H,6,14H2,1-5H3. The number of methoxy groups -OCH3 is 1. The molecule has 0 aromatic heterocycles. The summed E-state index contributed by atoms with van der Waals surface area (Å²) in [5.41, 5.74) is 1.36. The van der Waals surface area contributed by atoms with E-state index in [-0.39, 0.29) is 18.2 Å². The Balaban J connectivity index is 2.15. The average molecular weight is 415 g/mol. The summed E-state index contributed by atoms with van der Waals surface area (Å²) in [7, 11) is 1.53. The maximum Gasteiger partial charge on any atom is 0.181 e. The van der Waals surface area contributed by atoms with Gasteiger partial charge in [-0.1, -0.05) is 42.8 Å². The van der Waals surface area contributed by atoms with E-state index < -0.39 is 17.1 Å². The van der Waals surface area contributed by atoms with Crippen LogP contribution < -0.4 is 0 Å². The minimum absolute atomic E-state index is 0.0946. The SMILES string of the molecule is CCc1ccc(-c2ccc(Cl)cc2)cc1C1C(=O)C(C)(C)OC(C)(COC)C1=O. The third-order valence-corrected chi connectivity index (χ3v) is 5.81. The van der Waals surface area contributed by atoms with Crippen LogP contribution in [-0.2, 0) is 25.5 Å². The molecule has 0 saturated carbocycles. The molecule has 4 nitrogen and oxygen atoms in total. The van der Waals surface area contributed by atoms with E-state index in [1.165, 1.54) is 7.11 Å². The molecule has 1 aliphatic heterocycles. The van der Waals surface area contributed by atoms with Crippen molar-refractivity contribution in [2.45, 2.75) is 51.2 Å². The highest BCUT2D eigenvalue weighted by atomic mass is 35.5. The lowest BCUT2D eigenvalue weighted by Crippen LogP contribution is -2.61. The highest BCUT2D eigenvalue weighted by molar-refractivity contribution is 6.30. The molecule has 2 atom stereocenters. The Morgan fingerprint density at radius 2 is 1.62 bits per heavy atom. The number of Topliss-reactive ketones (excluding diaryl/α,β-unsaturated/α-hetero) is 2. The molecule has 5 heteroatoms. The first-order chi connectivity index (χ1) is 13.6. The molecule has 0 spiro atoms. The van der Waals surface area contributed by atoms with Crippen molar-refractivity contribution >= 4 is 23.2 Å². The molecule has 0 radical (unpaired) electrons. The van der Waals surface area contributed by atoms with Crippen molar-refractivity contribution in [2.24, 2.45) is 0 Å². The number of ketones is 2. The number of hydrogen-bond acceptors (Lipinski definition) is 4. The maximum atomic E-state index is 13.5. The molecule has 1 fully saturated rings. The van der Waals surface area contributed by atoms with Crippen molar-refractivity contribution in [1.82, 2.24) is 0 Å². The molecule has 3 rings (SSSR count). The summed E-state index contributed by atoms with van der Waals surface area (Å²) in [6.07, 6.45) is 0.718. The molecule has 1 saturated heterocycles. The van der Waals surface area contributed by atoms with Crippen LogP contribution in [0.5, 0.6) is 0 Å². The quantitative estimate of drug-likeness (QED) is 0.645. The number of halogens is 1. The monoisotopic (exact) mass is 414 g/mol. The molecule has 1 aliphatic rings. The average Bonchev–Trinajstić information content (AvgIpc) is 2.67. The Morgan fingerprint density at radius 3 is 2.21 bits per heavy atom. The summed E-state index contributed by atoms with van der Waals surface area (Å²) in [5, 5.41) is 0.658. The zero-order valence-electron chi connectivity index (χ0n) is 17.5. The van der Waals surface area contributed by atoms with Gasteiger partial charge in [0.25, 0.3) is 0 Å². The Kier molecular flexibility index (Phi) is 6.00. The van der Waals surface area contributed by atoms with Crippen LogP contribution in [0.25, 0.3) is 11.1 Å². The van der Waals surface area contributed by atoms with E-state index in [9.17, 15) is 9.59 Å². The van der Waals surface area contributed by atoms with Gasteiger partial charge in [-0.25, -0.2) is 0 Å². The van der Waals surface area contributed by atoms with Crippen molar-refractivity contribution < 1.29 is 19.1 Å². The third kappa shape index (κ3) is 4.02. The molecule has 1 heterocycles. The normalized spacial score (nSPS) is 24.0. The Bertz CT molecular complexity index is 932. The van der Waals surface area contributed by atoms with Crippen LogP contribution in [0.2, 0.25) is 5.02 Å². The van der Waals surface area contributed by atoms with E-state index in [0.717, 1.165) is 28.7 Å². The fourth-order valence-electron chi connectivity index (χ4n) is 4.10. The first-order valence-corrected chi connectivity index (χ1v) is 10.2. The summed E-state index contributed by atoms with van der Waals surface area (Å²) < 4.78 is 11.2. The molecule has 0 N–H and O–H groups in total. The van der Waals surface area contributed by atoms with E-state index in [2.05, 4.69) is 0 Å². The highest BCUT2D eigenvalue weighted by Crippen LogP contribution is 2.41. The van der Waals surface area contributed by atoms with Crippen molar-refractivity contribution in [3.05, 3.63) is 58.6 Å². The fourth-order valence-corrected chi connectivity index (χ4v) is 4.23. The molecule has 2 aromatic carbocycles.